The molecule has 0 radical (unpaired) electrons. The Morgan fingerprint density at radius 2 is 1.90 bits per heavy atom. The first-order chi connectivity index (χ1) is 15.1. The molecule has 2 N–H and O–H groups in total. The summed E-state index contributed by atoms with van der Waals surface area (Å²) in [6, 6.07) is 13.1. The fraction of sp³-hybridized carbons (Fsp3) is 0.423. The van der Waals surface area contributed by atoms with Gasteiger partial charge < -0.3 is 15.2 Å². The maximum atomic E-state index is 14.4. The van der Waals surface area contributed by atoms with Gasteiger partial charge in [-0.05, 0) is 66.9 Å². The molecule has 1 aliphatic rings. The van der Waals surface area contributed by atoms with E-state index in [1.54, 1.807) is 6.07 Å². The van der Waals surface area contributed by atoms with Crippen LogP contribution in [0.1, 0.15) is 37.7 Å². The number of aromatic nitrogens is 1. The van der Waals surface area contributed by atoms with E-state index in [1.807, 2.05) is 54.1 Å². The van der Waals surface area contributed by atoms with Crippen molar-refractivity contribution in [2.24, 2.45) is 5.92 Å². The molecule has 1 aliphatic carbocycles. The SMILES string of the molecule is Cc1ccc(-c2ccc3ccn(CC(=O)NCCNCC4CCCCC4)c3c2)c(F)c1. The van der Waals surface area contributed by atoms with E-state index in [2.05, 4.69) is 10.6 Å². The molecular weight excluding hydrogens is 389 g/mol. The molecule has 3 aromatic rings. The van der Waals surface area contributed by atoms with Crippen LogP contribution in [0.15, 0.2) is 48.7 Å². The first-order valence-corrected chi connectivity index (χ1v) is 11.4. The molecule has 4 nitrogen and oxygen atoms in total. The molecule has 164 valence electrons. The second-order valence-electron chi connectivity index (χ2n) is 8.76. The highest BCUT2D eigenvalue weighted by Gasteiger charge is 2.13. The van der Waals surface area contributed by atoms with Gasteiger partial charge >= 0.3 is 0 Å². The molecule has 1 aromatic heterocycles. The van der Waals surface area contributed by atoms with E-state index in [4.69, 9.17) is 0 Å². The highest BCUT2D eigenvalue weighted by atomic mass is 19.1. The molecule has 0 unspecified atom stereocenters. The maximum absolute atomic E-state index is 14.4. The van der Waals surface area contributed by atoms with Gasteiger partial charge in [-0.2, -0.15) is 0 Å². The molecule has 0 aliphatic heterocycles. The Hall–Kier alpha value is -2.66. The van der Waals surface area contributed by atoms with Gasteiger partial charge in [0.25, 0.3) is 0 Å². The number of hydrogen-bond acceptors (Lipinski definition) is 2. The van der Waals surface area contributed by atoms with Crippen molar-refractivity contribution in [2.75, 3.05) is 19.6 Å². The number of rotatable bonds is 8. The normalized spacial score (nSPS) is 14.8. The minimum absolute atomic E-state index is 0.0103. The lowest BCUT2D eigenvalue weighted by Gasteiger charge is -2.21. The molecule has 0 atom stereocenters. The van der Waals surface area contributed by atoms with E-state index in [-0.39, 0.29) is 18.3 Å². The number of aryl methyl sites for hydroxylation is 1. The standard InChI is InChI=1S/C26H32FN3O/c1-19-7-10-23(24(27)15-19)22-9-8-21-11-14-30(25(21)16-22)18-26(31)29-13-12-28-17-20-5-3-2-4-6-20/h7-11,14-16,20,28H,2-6,12-13,17-18H2,1H3,(H,29,31). The van der Waals surface area contributed by atoms with Gasteiger partial charge in [-0.25, -0.2) is 4.39 Å². The number of benzene rings is 2. The van der Waals surface area contributed by atoms with Crippen molar-refractivity contribution in [3.63, 3.8) is 0 Å². The molecule has 4 rings (SSSR count). The van der Waals surface area contributed by atoms with Crippen LogP contribution < -0.4 is 10.6 Å². The molecule has 1 saturated carbocycles. The van der Waals surface area contributed by atoms with Crippen LogP contribution in [0.4, 0.5) is 4.39 Å². The van der Waals surface area contributed by atoms with Crippen molar-refractivity contribution in [1.29, 1.82) is 0 Å². The Kier molecular flexibility index (Phi) is 7.03. The average molecular weight is 422 g/mol. The van der Waals surface area contributed by atoms with Crippen molar-refractivity contribution in [1.82, 2.24) is 15.2 Å². The Morgan fingerprint density at radius 3 is 2.71 bits per heavy atom. The highest BCUT2D eigenvalue weighted by molar-refractivity contribution is 5.87. The maximum Gasteiger partial charge on any atom is 0.239 e. The molecular formula is C26H32FN3O. The fourth-order valence-corrected chi connectivity index (χ4v) is 4.54. The van der Waals surface area contributed by atoms with Crippen molar-refractivity contribution >= 4 is 16.8 Å². The van der Waals surface area contributed by atoms with Crippen molar-refractivity contribution in [2.45, 2.75) is 45.6 Å². The van der Waals surface area contributed by atoms with E-state index in [1.165, 1.54) is 32.1 Å². The van der Waals surface area contributed by atoms with Crippen molar-refractivity contribution < 1.29 is 9.18 Å². The van der Waals surface area contributed by atoms with Crippen LogP contribution >= 0.6 is 0 Å². The van der Waals surface area contributed by atoms with Crippen LogP contribution in [0.3, 0.4) is 0 Å². The predicted octanol–water partition coefficient (Wildman–Crippen LogP) is 5.04. The van der Waals surface area contributed by atoms with Crippen LogP contribution in [0.2, 0.25) is 0 Å². The largest absolute Gasteiger partial charge is 0.353 e. The number of halogens is 1. The Bertz CT molecular complexity index is 1040. The van der Waals surface area contributed by atoms with Crippen LogP contribution in [-0.4, -0.2) is 30.1 Å². The summed E-state index contributed by atoms with van der Waals surface area (Å²) >= 11 is 0. The smallest absolute Gasteiger partial charge is 0.239 e. The van der Waals surface area contributed by atoms with Crippen LogP contribution in [0, 0.1) is 18.7 Å². The van der Waals surface area contributed by atoms with Gasteiger partial charge in [-0.15, -0.1) is 0 Å². The molecule has 0 spiro atoms. The van der Waals surface area contributed by atoms with E-state index < -0.39 is 0 Å². The third-order valence-electron chi connectivity index (χ3n) is 6.31. The summed E-state index contributed by atoms with van der Waals surface area (Å²) in [5, 5.41) is 7.52. The quantitative estimate of drug-likeness (QED) is 0.501. The topological polar surface area (TPSA) is 46.1 Å². The fourth-order valence-electron chi connectivity index (χ4n) is 4.54. The molecule has 2 aromatic carbocycles. The summed E-state index contributed by atoms with van der Waals surface area (Å²) in [5.41, 5.74) is 3.23. The summed E-state index contributed by atoms with van der Waals surface area (Å²) < 4.78 is 16.3. The lowest BCUT2D eigenvalue weighted by atomic mass is 9.89. The minimum Gasteiger partial charge on any atom is -0.353 e. The first-order valence-electron chi connectivity index (χ1n) is 11.4. The third kappa shape index (κ3) is 5.53. The molecule has 0 bridgehead atoms. The van der Waals surface area contributed by atoms with Crippen LogP contribution in [0.25, 0.3) is 22.0 Å². The molecule has 1 heterocycles. The molecule has 1 amide bonds. The summed E-state index contributed by atoms with van der Waals surface area (Å²) in [7, 11) is 0. The lowest BCUT2D eigenvalue weighted by molar-refractivity contribution is -0.121. The van der Waals surface area contributed by atoms with E-state index >= 15 is 0 Å². The lowest BCUT2D eigenvalue weighted by Crippen LogP contribution is -2.35. The van der Waals surface area contributed by atoms with Gasteiger partial charge in [0.1, 0.15) is 12.4 Å². The number of nitrogens with zero attached hydrogens (tertiary/aromatic N) is 1. The second kappa shape index (κ2) is 10.1. The zero-order valence-electron chi connectivity index (χ0n) is 18.3. The van der Waals surface area contributed by atoms with Crippen LogP contribution in [-0.2, 0) is 11.3 Å². The summed E-state index contributed by atoms with van der Waals surface area (Å²) in [4.78, 5) is 12.4. The number of fused-ring (bicyclic) bond motifs is 1. The zero-order valence-corrected chi connectivity index (χ0v) is 18.3. The van der Waals surface area contributed by atoms with Gasteiger partial charge in [0.15, 0.2) is 0 Å². The third-order valence-corrected chi connectivity index (χ3v) is 6.31. The van der Waals surface area contributed by atoms with Crippen LogP contribution in [0.5, 0.6) is 0 Å². The van der Waals surface area contributed by atoms with Gasteiger partial charge in [-0.1, -0.05) is 43.5 Å². The minimum atomic E-state index is -0.226. The van der Waals surface area contributed by atoms with E-state index in [0.717, 1.165) is 41.0 Å². The molecule has 0 saturated heterocycles. The summed E-state index contributed by atoms with van der Waals surface area (Å²) in [6.07, 6.45) is 8.66. The highest BCUT2D eigenvalue weighted by Crippen LogP contribution is 2.28. The second-order valence-corrected chi connectivity index (χ2v) is 8.76. The van der Waals surface area contributed by atoms with E-state index in [0.29, 0.717) is 12.1 Å². The predicted molar refractivity (Wildman–Crippen MR) is 125 cm³/mol. The van der Waals surface area contributed by atoms with Gasteiger partial charge in [-0.3, -0.25) is 4.79 Å². The number of hydrogen-bond donors (Lipinski definition) is 2. The summed E-state index contributed by atoms with van der Waals surface area (Å²) in [5.74, 6) is 0.558. The molecule has 31 heavy (non-hydrogen) atoms. The van der Waals surface area contributed by atoms with E-state index in [9.17, 15) is 9.18 Å². The number of carbonyl (C=O) groups excluding carboxylic acids is 1. The Morgan fingerprint density at radius 1 is 1.06 bits per heavy atom. The van der Waals surface area contributed by atoms with Gasteiger partial charge in [0.05, 0.1) is 0 Å². The van der Waals surface area contributed by atoms with Crippen molar-refractivity contribution in [3.8, 4) is 11.1 Å². The van der Waals surface area contributed by atoms with Gasteiger partial charge in [0.2, 0.25) is 5.91 Å². The number of nitrogens with one attached hydrogen (secondary N) is 2. The number of carbonyl (C=O) groups is 1. The average Bonchev–Trinajstić information content (AvgIpc) is 3.16. The molecule has 1 fully saturated rings. The monoisotopic (exact) mass is 421 g/mol. The van der Waals surface area contributed by atoms with Gasteiger partial charge in [0, 0.05) is 30.4 Å². The Balaban J connectivity index is 1.33. The summed E-state index contributed by atoms with van der Waals surface area (Å²) in [6.45, 7) is 4.61. The Labute approximate surface area is 183 Å². The number of amides is 1. The van der Waals surface area contributed by atoms with Crippen molar-refractivity contribution in [3.05, 3.63) is 60.0 Å². The zero-order chi connectivity index (χ0) is 21.6. The molecule has 5 heteroatoms. The first kappa shape index (κ1) is 21.6.